The molecule has 0 atom stereocenters. The zero-order chi connectivity index (χ0) is 21.6. The summed E-state index contributed by atoms with van der Waals surface area (Å²) in [4.78, 5) is 17.4. The van der Waals surface area contributed by atoms with Gasteiger partial charge >= 0.3 is 0 Å². The lowest BCUT2D eigenvalue weighted by molar-refractivity contribution is 0.102. The van der Waals surface area contributed by atoms with Crippen LogP contribution in [-0.2, 0) is 16.4 Å². The number of fused-ring (bicyclic) bond motifs is 1. The lowest BCUT2D eigenvalue weighted by Gasteiger charge is -2.16. The van der Waals surface area contributed by atoms with Gasteiger partial charge in [-0.25, -0.2) is 13.4 Å². The zero-order valence-corrected chi connectivity index (χ0v) is 18.9. The van der Waals surface area contributed by atoms with Gasteiger partial charge in [-0.2, -0.15) is 0 Å². The summed E-state index contributed by atoms with van der Waals surface area (Å²) in [6.07, 6.45) is 1.79. The Kier molecular flexibility index (Phi) is 5.15. The molecule has 0 fully saturated rings. The average molecular weight is 442 g/mol. The van der Waals surface area contributed by atoms with Crippen molar-refractivity contribution < 1.29 is 13.2 Å². The highest BCUT2D eigenvalue weighted by Gasteiger charge is 2.27. The normalized spacial score (nSPS) is 13.4. The van der Waals surface area contributed by atoms with Gasteiger partial charge in [0.15, 0.2) is 5.13 Å². The van der Waals surface area contributed by atoms with Gasteiger partial charge in [-0.15, -0.1) is 11.3 Å². The minimum absolute atomic E-state index is 0.256. The molecule has 0 unspecified atom stereocenters. The van der Waals surface area contributed by atoms with Crippen LogP contribution in [0.15, 0.2) is 35.7 Å². The average Bonchev–Trinajstić information content (AvgIpc) is 3.26. The molecule has 1 aliphatic rings. The van der Waals surface area contributed by atoms with Gasteiger partial charge in [-0.05, 0) is 62.1 Å². The topological polar surface area (TPSA) is 79.4 Å². The number of rotatable bonds is 4. The molecule has 2 aromatic carbocycles. The molecule has 0 bridgehead atoms. The first-order valence-corrected chi connectivity index (χ1v) is 12.3. The van der Waals surface area contributed by atoms with Crippen LogP contribution in [0.25, 0.3) is 11.3 Å². The first-order valence-electron chi connectivity index (χ1n) is 9.59. The summed E-state index contributed by atoms with van der Waals surface area (Å²) < 4.78 is 25.1. The molecule has 1 aromatic heterocycles. The zero-order valence-electron chi connectivity index (χ0n) is 17.3. The van der Waals surface area contributed by atoms with E-state index in [0.717, 1.165) is 27.9 Å². The Morgan fingerprint density at radius 2 is 1.83 bits per heavy atom. The third kappa shape index (κ3) is 3.85. The first kappa shape index (κ1) is 20.6. The minimum Gasteiger partial charge on any atom is -0.298 e. The van der Waals surface area contributed by atoms with E-state index in [1.54, 1.807) is 18.2 Å². The summed E-state index contributed by atoms with van der Waals surface area (Å²) in [6, 6.07) is 9.37. The lowest BCUT2D eigenvalue weighted by atomic mass is 9.98. The Morgan fingerprint density at radius 3 is 2.50 bits per heavy atom. The predicted octanol–water partition coefficient (Wildman–Crippen LogP) is 4.31. The fourth-order valence-electron chi connectivity index (χ4n) is 4.06. The number of nitrogens with one attached hydrogen (secondary N) is 1. The number of benzene rings is 2. The van der Waals surface area contributed by atoms with Crippen molar-refractivity contribution in [3.05, 3.63) is 63.5 Å². The molecule has 0 saturated carbocycles. The Bertz CT molecular complexity index is 1240. The molecule has 6 nitrogen and oxygen atoms in total. The highest BCUT2D eigenvalue weighted by Crippen LogP contribution is 2.33. The fraction of sp³-hybridized carbons (Fsp3) is 0.273. The molecule has 4 rings (SSSR count). The second-order valence-corrected chi connectivity index (χ2v) is 10.5. The lowest BCUT2D eigenvalue weighted by Crippen LogP contribution is -2.27. The standard InChI is InChI=1S/C22H23N3O3S2/c1-13-9-14(2)20(15(3)10-13)18-12-29-22(23-18)24-21(26)17-5-6-19-16(11-17)7-8-25(19)30(4,27)28/h5-6,9-12H,7-8H2,1-4H3,(H,23,24,26). The van der Waals surface area contributed by atoms with Crippen LogP contribution in [0.4, 0.5) is 10.8 Å². The molecule has 1 aliphatic heterocycles. The van der Waals surface area contributed by atoms with Crippen LogP contribution in [0.2, 0.25) is 0 Å². The van der Waals surface area contributed by atoms with Gasteiger partial charge in [-0.1, -0.05) is 17.7 Å². The summed E-state index contributed by atoms with van der Waals surface area (Å²) in [5, 5.41) is 5.35. The van der Waals surface area contributed by atoms with Crippen molar-refractivity contribution in [1.82, 2.24) is 4.98 Å². The van der Waals surface area contributed by atoms with E-state index in [4.69, 9.17) is 0 Å². The Morgan fingerprint density at radius 1 is 1.13 bits per heavy atom. The molecule has 8 heteroatoms. The Hall–Kier alpha value is -2.71. The third-order valence-corrected chi connectivity index (χ3v) is 7.19. The maximum Gasteiger partial charge on any atom is 0.257 e. The molecular weight excluding hydrogens is 418 g/mol. The Balaban J connectivity index is 1.55. The highest BCUT2D eigenvalue weighted by atomic mass is 32.2. The van der Waals surface area contributed by atoms with Gasteiger partial charge in [0.1, 0.15) is 0 Å². The maximum absolute atomic E-state index is 12.7. The Labute approximate surface area is 180 Å². The van der Waals surface area contributed by atoms with E-state index < -0.39 is 10.0 Å². The van der Waals surface area contributed by atoms with Crippen molar-refractivity contribution >= 4 is 38.1 Å². The molecule has 0 aliphatic carbocycles. The molecule has 0 spiro atoms. The van der Waals surface area contributed by atoms with Gasteiger partial charge in [-0.3, -0.25) is 14.4 Å². The SMILES string of the molecule is Cc1cc(C)c(-c2csc(NC(=O)c3ccc4c(c3)CCN4S(C)(=O)=O)n2)c(C)c1. The van der Waals surface area contributed by atoms with Crippen molar-refractivity contribution in [3.8, 4) is 11.3 Å². The number of amides is 1. The molecule has 1 N–H and O–H groups in total. The van der Waals surface area contributed by atoms with Gasteiger partial charge in [0, 0.05) is 23.1 Å². The van der Waals surface area contributed by atoms with Crippen molar-refractivity contribution in [2.75, 3.05) is 22.4 Å². The molecule has 2 heterocycles. The molecule has 0 radical (unpaired) electrons. The van der Waals surface area contributed by atoms with Gasteiger partial charge < -0.3 is 0 Å². The van der Waals surface area contributed by atoms with Crippen LogP contribution in [-0.4, -0.2) is 32.1 Å². The number of thiazole rings is 1. The second kappa shape index (κ2) is 7.52. The summed E-state index contributed by atoms with van der Waals surface area (Å²) in [5.41, 5.74) is 7.47. The molecule has 3 aromatic rings. The van der Waals surface area contributed by atoms with Crippen LogP contribution in [0.1, 0.15) is 32.6 Å². The summed E-state index contributed by atoms with van der Waals surface area (Å²) in [7, 11) is -3.31. The van der Waals surface area contributed by atoms with Crippen molar-refractivity contribution in [2.45, 2.75) is 27.2 Å². The van der Waals surface area contributed by atoms with Crippen LogP contribution in [0, 0.1) is 20.8 Å². The molecule has 30 heavy (non-hydrogen) atoms. The van der Waals surface area contributed by atoms with E-state index >= 15 is 0 Å². The van der Waals surface area contributed by atoms with Crippen molar-refractivity contribution in [1.29, 1.82) is 0 Å². The fourth-order valence-corrected chi connectivity index (χ4v) is 5.71. The molecule has 156 valence electrons. The number of carbonyl (C=O) groups excluding carboxylic acids is 1. The number of aromatic nitrogens is 1. The second-order valence-electron chi connectivity index (χ2n) is 7.69. The quantitative estimate of drug-likeness (QED) is 0.654. The van der Waals surface area contributed by atoms with Crippen LogP contribution in [0.3, 0.4) is 0 Å². The minimum atomic E-state index is -3.31. The number of sulfonamides is 1. The van der Waals surface area contributed by atoms with Gasteiger partial charge in [0.25, 0.3) is 5.91 Å². The number of aryl methyl sites for hydroxylation is 3. The van der Waals surface area contributed by atoms with Crippen LogP contribution >= 0.6 is 11.3 Å². The van der Waals surface area contributed by atoms with Gasteiger partial charge in [0.2, 0.25) is 10.0 Å². The number of nitrogens with zero attached hydrogens (tertiary/aromatic N) is 2. The molecule has 1 amide bonds. The number of anilines is 2. The van der Waals surface area contributed by atoms with Crippen LogP contribution < -0.4 is 9.62 Å². The van der Waals surface area contributed by atoms with Gasteiger partial charge in [0.05, 0.1) is 17.6 Å². The van der Waals surface area contributed by atoms with Crippen molar-refractivity contribution in [2.24, 2.45) is 0 Å². The molecular formula is C22H23N3O3S2. The number of carbonyl (C=O) groups is 1. The number of hydrogen-bond acceptors (Lipinski definition) is 5. The summed E-state index contributed by atoms with van der Waals surface area (Å²) >= 11 is 1.39. The van der Waals surface area contributed by atoms with E-state index in [1.807, 2.05) is 5.38 Å². The summed E-state index contributed by atoms with van der Waals surface area (Å²) in [6.45, 7) is 6.61. The van der Waals surface area contributed by atoms with E-state index in [0.29, 0.717) is 29.3 Å². The number of hydrogen-bond donors (Lipinski definition) is 1. The predicted molar refractivity (Wildman–Crippen MR) is 122 cm³/mol. The molecule has 0 saturated heterocycles. The third-order valence-electron chi connectivity index (χ3n) is 5.25. The van der Waals surface area contributed by atoms with E-state index in [1.165, 1.54) is 27.5 Å². The maximum atomic E-state index is 12.7. The monoisotopic (exact) mass is 441 g/mol. The smallest absolute Gasteiger partial charge is 0.257 e. The summed E-state index contributed by atoms with van der Waals surface area (Å²) in [5.74, 6) is -0.256. The first-order chi connectivity index (χ1) is 14.1. The van der Waals surface area contributed by atoms with E-state index in [2.05, 4.69) is 43.2 Å². The highest BCUT2D eigenvalue weighted by molar-refractivity contribution is 7.92. The van der Waals surface area contributed by atoms with E-state index in [-0.39, 0.29) is 5.91 Å². The largest absolute Gasteiger partial charge is 0.298 e. The van der Waals surface area contributed by atoms with E-state index in [9.17, 15) is 13.2 Å². The van der Waals surface area contributed by atoms with Crippen molar-refractivity contribution in [3.63, 3.8) is 0 Å². The van der Waals surface area contributed by atoms with Crippen LogP contribution in [0.5, 0.6) is 0 Å².